The molecule has 5 nitrogen and oxygen atoms in total. The molecule has 1 aliphatic heterocycles. The first-order chi connectivity index (χ1) is 11.6. The fourth-order valence-corrected chi connectivity index (χ4v) is 4.56. The molecule has 1 aromatic carbocycles. The van der Waals surface area contributed by atoms with Crippen molar-refractivity contribution in [3.05, 3.63) is 26.3 Å². The normalized spacial score (nSPS) is 20.4. The molecule has 0 atom stereocenters. The van der Waals surface area contributed by atoms with Gasteiger partial charge in [-0.3, -0.25) is 4.90 Å². The van der Waals surface area contributed by atoms with Crippen LogP contribution in [0, 0.1) is 3.57 Å². The van der Waals surface area contributed by atoms with Crippen molar-refractivity contribution in [1.29, 1.82) is 0 Å². The molecule has 0 amide bonds. The summed E-state index contributed by atoms with van der Waals surface area (Å²) in [4.78, 5) is 10.0. The average Bonchev–Trinajstić information content (AvgIpc) is 2.48. The highest BCUT2D eigenvalue weighted by molar-refractivity contribution is 14.1. The maximum Gasteiger partial charge on any atom is 0.417 e. The highest BCUT2D eigenvalue weighted by atomic mass is 127. The molecule has 4 N–H and O–H groups in total. The van der Waals surface area contributed by atoms with E-state index >= 15 is 0 Å². The van der Waals surface area contributed by atoms with Crippen LogP contribution in [-0.4, -0.2) is 17.6 Å². The Labute approximate surface area is 161 Å². The van der Waals surface area contributed by atoms with Crippen LogP contribution in [0.4, 0.5) is 18.9 Å². The Balaban J connectivity index is 2.18. The first-order valence-corrected chi connectivity index (χ1v) is 9.16. The lowest BCUT2D eigenvalue weighted by Gasteiger charge is -2.46. The summed E-state index contributed by atoms with van der Waals surface area (Å²) < 4.78 is 40.5. The number of aliphatic imine (C=N–C) groups is 2. The smallest absolute Gasteiger partial charge is 0.369 e. The van der Waals surface area contributed by atoms with Gasteiger partial charge in [0.15, 0.2) is 0 Å². The molecule has 3 rings (SSSR count). The van der Waals surface area contributed by atoms with Gasteiger partial charge in [0.1, 0.15) is 5.66 Å². The van der Waals surface area contributed by atoms with E-state index in [9.17, 15) is 13.2 Å². The Morgan fingerprint density at radius 3 is 2.40 bits per heavy atom. The van der Waals surface area contributed by atoms with E-state index in [4.69, 9.17) is 23.1 Å². The Bertz CT molecular complexity index is 756. The molecular formula is C15H16ClF3IN5. The maximum absolute atomic E-state index is 13.3. The number of nitrogens with two attached hydrogens (primary N) is 2. The fourth-order valence-electron chi connectivity index (χ4n) is 3.40. The second-order valence-electron chi connectivity index (χ2n) is 6.10. The minimum Gasteiger partial charge on any atom is -0.369 e. The van der Waals surface area contributed by atoms with Crippen LogP contribution in [-0.2, 0) is 6.18 Å². The molecule has 136 valence electrons. The number of hydrogen-bond acceptors (Lipinski definition) is 5. The average molecular weight is 486 g/mol. The van der Waals surface area contributed by atoms with Crippen LogP contribution in [0.5, 0.6) is 0 Å². The number of halogens is 5. The zero-order chi connectivity index (χ0) is 18.4. The first-order valence-electron chi connectivity index (χ1n) is 7.70. The Morgan fingerprint density at radius 2 is 1.80 bits per heavy atom. The van der Waals surface area contributed by atoms with Gasteiger partial charge in [-0.25, -0.2) is 4.99 Å². The van der Waals surface area contributed by atoms with Gasteiger partial charge in [0.25, 0.3) is 0 Å². The van der Waals surface area contributed by atoms with E-state index in [1.807, 2.05) is 22.6 Å². The van der Waals surface area contributed by atoms with Crippen molar-refractivity contribution in [2.24, 2.45) is 21.5 Å². The van der Waals surface area contributed by atoms with Crippen LogP contribution in [0.1, 0.15) is 37.7 Å². The number of rotatable bonds is 1. The van der Waals surface area contributed by atoms with Crippen molar-refractivity contribution < 1.29 is 13.2 Å². The predicted octanol–water partition coefficient (Wildman–Crippen LogP) is 4.07. The van der Waals surface area contributed by atoms with Crippen molar-refractivity contribution in [2.45, 2.75) is 43.9 Å². The van der Waals surface area contributed by atoms with Crippen molar-refractivity contribution in [1.82, 2.24) is 0 Å². The first kappa shape index (κ1) is 18.6. The summed E-state index contributed by atoms with van der Waals surface area (Å²) in [5, 5.41) is -0.353. The van der Waals surface area contributed by atoms with Crippen LogP contribution in [0.15, 0.2) is 22.1 Å². The lowest BCUT2D eigenvalue weighted by atomic mass is 9.87. The molecule has 0 aromatic heterocycles. The number of alkyl halides is 3. The van der Waals surface area contributed by atoms with Gasteiger partial charge < -0.3 is 11.5 Å². The molecule has 10 heteroatoms. The molecule has 25 heavy (non-hydrogen) atoms. The summed E-state index contributed by atoms with van der Waals surface area (Å²) >= 11 is 7.75. The number of hydrogen-bond donors (Lipinski definition) is 2. The third kappa shape index (κ3) is 3.40. The summed E-state index contributed by atoms with van der Waals surface area (Å²) in [6.45, 7) is 0. The van der Waals surface area contributed by atoms with Gasteiger partial charge in [-0.1, -0.05) is 18.0 Å². The second-order valence-corrected chi connectivity index (χ2v) is 7.67. The van der Waals surface area contributed by atoms with Crippen molar-refractivity contribution in [3.63, 3.8) is 0 Å². The van der Waals surface area contributed by atoms with E-state index in [0.29, 0.717) is 16.4 Å². The standard InChI is InChI=1S/C15H16ClF3IN5/c16-9-7-10(20)11(6-8(9)15(17,18)19)25-13(22)23-12(21)24-14(25)4-2-1-3-5-14/h6-7H,1-5H2,(H4,21,22,23,24). The minimum atomic E-state index is -4.57. The second kappa shape index (κ2) is 6.49. The molecule has 1 fully saturated rings. The van der Waals surface area contributed by atoms with Gasteiger partial charge in [0, 0.05) is 3.57 Å². The number of nitrogens with zero attached hydrogens (tertiary/aromatic N) is 3. The molecule has 0 bridgehead atoms. The minimum absolute atomic E-state index is 0.0442. The SMILES string of the molecule is NC1=NC2(CCCCC2)N(c2cc(C(F)(F)F)c(Cl)cc2I)C(N)=N1. The Morgan fingerprint density at radius 1 is 1.16 bits per heavy atom. The fraction of sp³-hybridized carbons (Fsp3) is 0.467. The summed E-state index contributed by atoms with van der Waals surface area (Å²) in [5.41, 5.74) is 10.4. The van der Waals surface area contributed by atoms with Gasteiger partial charge in [0.05, 0.1) is 16.3 Å². The molecular weight excluding hydrogens is 470 g/mol. The maximum atomic E-state index is 13.3. The highest BCUT2D eigenvalue weighted by Crippen LogP contribution is 2.44. The Kier molecular flexibility index (Phi) is 4.82. The largest absolute Gasteiger partial charge is 0.417 e. The zero-order valence-corrected chi connectivity index (χ0v) is 16.0. The van der Waals surface area contributed by atoms with Gasteiger partial charge in [-0.05, 0) is 60.4 Å². The topological polar surface area (TPSA) is 80.0 Å². The van der Waals surface area contributed by atoms with Gasteiger partial charge in [-0.15, -0.1) is 0 Å². The highest BCUT2D eigenvalue weighted by Gasteiger charge is 2.44. The monoisotopic (exact) mass is 485 g/mol. The molecule has 1 heterocycles. The molecule has 1 spiro atoms. The van der Waals surface area contributed by atoms with Crippen LogP contribution in [0.3, 0.4) is 0 Å². The third-order valence-electron chi connectivity index (χ3n) is 4.43. The lowest BCUT2D eigenvalue weighted by molar-refractivity contribution is -0.137. The van der Waals surface area contributed by atoms with Crippen molar-refractivity contribution in [2.75, 3.05) is 4.90 Å². The van der Waals surface area contributed by atoms with E-state index in [0.717, 1.165) is 25.3 Å². The lowest BCUT2D eigenvalue weighted by Crippen LogP contribution is -2.58. The van der Waals surface area contributed by atoms with Crippen molar-refractivity contribution in [3.8, 4) is 0 Å². The van der Waals surface area contributed by atoms with Gasteiger partial charge >= 0.3 is 6.18 Å². The molecule has 1 saturated carbocycles. The molecule has 0 saturated heterocycles. The predicted molar refractivity (Wildman–Crippen MR) is 101 cm³/mol. The van der Waals surface area contributed by atoms with E-state index in [1.54, 1.807) is 4.90 Å². The summed E-state index contributed by atoms with van der Waals surface area (Å²) in [6, 6.07) is 2.30. The van der Waals surface area contributed by atoms with E-state index in [2.05, 4.69) is 9.98 Å². The van der Waals surface area contributed by atoms with Crippen molar-refractivity contribution >= 4 is 51.8 Å². The van der Waals surface area contributed by atoms with Gasteiger partial charge in [0.2, 0.25) is 11.9 Å². The quantitative estimate of drug-likeness (QED) is 0.589. The molecule has 2 aliphatic rings. The molecule has 1 aromatic rings. The van der Waals surface area contributed by atoms with Gasteiger partial charge in [-0.2, -0.15) is 18.2 Å². The van der Waals surface area contributed by atoms with E-state index in [-0.39, 0.29) is 22.6 Å². The third-order valence-corrected chi connectivity index (χ3v) is 5.61. The summed E-state index contributed by atoms with van der Waals surface area (Å²) in [7, 11) is 0. The zero-order valence-electron chi connectivity index (χ0n) is 13.1. The molecule has 0 radical (unpaired) electrons. The Hall–Kier alpha value is -1.23. The number of guanidine groups is 2. The van der Waals surface area contributed by atoms with E-state index < -0.39 is 17.4 Å². The van der Waals surface area contributed by atoms with Crippen LogP contribution in [0.2, 0.25) is 5.02 Å². The molecule has 1 aliphatic carbocycles. The van der Waals surface area contributed by atoms with E-state index in [1.165, 1.54) is 6.07 Å². The molecule has 0 unspecified atom stereocenters. The van der Waals surface area contributed by atoms with Crippen LogP contribution < -0.4 is 16.4 Å². The summed E-state index contributed by atoms with van der Waals surface area (Å²) in [6.07, 6.45) is -0.477. The van der Waals surface area contributed by atoms with Crippen LogP contribution >= 0.6 is 34.2 Å². The number of anilines is 1. The van der Waals surface area contributed by atoms with Crippen LogP contribution in [0.25, 0.3) is 0 Å². The number of benzene rings is 1. The summed E-state index contributed by atoms with van der Waals surface area (Å²) in [5.74, 6) is 0.0958.